The Bertz CT molecular complexity index is 862. The zero-order valence-electron chi connectivity index (χ0n) is 14.5. The molecule has 0 fully saturated rings. The van der Waals surface area contributed by atoms with Crippen molar-refractivity contribution in [1.82, 2.24) is 4.31 Å². The lowest BCUT2D eigenvalue weighted by Crippen LogP contribution is -2.34. The summed E-state index contributed by atoms with van der Waals surface area (Å²) in [6, 6.07) is 11.1. The smallest absolute Gasteiger partial charge is 0.243 e. The lowest BCUT2D eigenvalue weighted by atomic mass is 10.2. The largest absolute Gasteiger partial charge is 0.497 e. The minimum Gasteiger partial charge on any atom is -0.497 e. The van der Waals surface area contributed by atoms with Gasteiger partial charge in [0.05, 0.1) is 25.7 Å². The van der Waals surface area contributed by atoms with Gasteiger partial charge < -0.3 is 14.8 Å². The van der Waals surface area contributed by atoms with E-state index in [4.69, 9.17) is 9.47 Å². The Morgan fingerprint density at radius 2 is 1.62 bits per heavy atom. The van der Waals surface area contributed by atoms with Gasteiger partial charge in [-0.1, -0.05) is 15.9 Å². The van der Waals surface area contributed by atoms with Gasteiger partial charge in [0.2, 0.25) is 15.9 Å². The molecule has 0 aliphatic rings. The van der Waals surface area contributed by atoms with Crippen molar-refractivity contribution in [2.24, 2.45) is 0 Å². The zero-order chi connectivity index (χ0) is 19.3. The summed E-state index contributed by atoms with van der Waals surface area (Å²) in [5, 5.41) is 2.64. The van der Waals surface area contributed by atoms with E-state index >= 15 is 0 Å². The van der Waals surface area contributed by atoms with Crippen molar-refractivity contribution in [3.05, 3.63) is 46.9 Å². The van der Waals surface area contributed by atoms with Crippen LogP contribution in [0, 0.1) is 0 Å². The molecule has 7 nitrogen and oxygen atoms in total. The number of halogens is 1. The van der Waals surface area contributed by atoms with E-state index in [0.717, 1.165) is 8.78 Å². The maximum absolute atomic E-state index is 12.5. The second-order valence-electron chi connectivity index (χ2n) is 5.36. The van der Waals surface area contributed by atoms with Crippen LogP contribution in [0.2, 0.25) is 0 Å². The number of nitrogens with zero attached hydrogens (tertiary/aromatic N) is 1. The van der Waals surface area contributed by atoms with Gasteiger partial charge in [-0.2, -0.15) is 4.31 Å². The molecule has 0 spiro atoms. The molecule has 9 heteroatoms. The van der Waals surface area contributed by atoms with E-state index in [2.05, 4.69) is 21.2 Å². The lowest BCUT2D eigenvalue weighted by molar-refractivity contribution is -0.116. The van der Waals surface area contributed by atoms with Crippen LogP contribution >= 0.6 is 15.9 Å². The highest BCUT2D eigenvalue weighted by Crippen LogP contribution is 2.26. The fraction of sp³-hybridized carbons (Fsp3) is 0.235. The molecule has 0 aromatic heterocycles. The first kappa shape index (κ1) is 20.2. The van der Waals surface area contributed by atoms with Gasteiger partial charge in [-0.05, 0) is 24.3 Å². The van der Waals surface area contributed by atoms with Gasteiger partial charge in [0, 0.05) is 35.4 Å². The predicted molar refractivity (Wildman–Crippen MR) is 102 cm³/mol. The molecule has 0 bridgehead atoms. The molecule has 0 atom stereocenters. The molecule has 0 aliphatic heterocycles. The van der Waals surface area contributed by atoms with Gasteiger partial charge in [-0.15, -0.1) is 0 Å². The molecule has 0 unspecified atom stereocenters. The van der Waals surface area contributed by atoms with Crippen molar-refractivity contribution in [2.45, 2.75) is 4.90 Å². The van der Waals surface area contributed by atoms with Crippen LogP contribution < -0.4 is 14.8 Å². The lowest BCUT2D eigenvalue weighted by Gasteiger charge is -2.17. The highest BCUT2D eigenvalue weighted by Gasteiger charge is 2.23. The molecule has 0 saturated heterocycles. The van der Waals surface area contributed by atoms with E-state index in [1.54, 1.807) is 30.3 Å². The summed E-state index contributed by atoms with van der Waals surface area (Å²) in [6.07, 6.45) is 0. The van der Waals surface area contributed by atoms with Crippen LogP contribution in [-0.4, -0.2) is 46.4 Å². The standard InChI is InChI=1S/C17H19BrN2O5S/c1-20(26(22,23)16-6-4-12(18)5-7-16)11-17(21)19-13-8-14(24-2)10-15(9-13)25-3/h4-10H,11H2,1-3H3,(H,19,21). The van der Waals surface area contributed by atoms with Crippen molar-refractivity contribution < 1.29 is 22.7 Å². The van der Waals surface area contributed by atoms with Crippen LogP contribution in [0.3, 0.4) is 0 Å². The van der Waals surface area contributed by atoms with Gasteiger partial charge in [0.1, 0.15) is 11.5 Å². The van der Waals surface area contributed by atoms with Crippen LogP contribution in [0.25, 0.3) is 0 Å². The molecule has 0 radical (unpaired) electrons. The summed E-state index contributed by atoms with van der Waals surface area (Å²) in [4.78, 5) is 12.4. The molecule has 0 aliphatic carbocycles. The van der Waals surface area contributed by atoms with Gasteiger partial charge in [0.25, 0.3) is 0 Å². The van der Waals surface area contributed by atoms with Crippen molar-refractivity contribution in [3.63, 3.8) is 0 Å². The van der Waals surface area contributed by atoms with E-state index in [1.165, 1.54) is 33.4 Å². The van der Waals surface area contributed by atoms with E-state index in [-0.39, 0.29) is 11.4 Å². The number of carbonyl (C=O) groups excluding carboxylic acids is 1. The number of hydrogen-bond donors (Lipinski definition) is 1. The molecular formula is C17H19BrN2O5S. The van der Waals surface area contributed by atoms with Gasteiger partial charge in [0.15, 0.2) is 0 Å². The summed E-state index contributed by atoms with van der Waals surface area (Å²) in [7, 11) is 0.582. The first-order valence-corrected chi connectivity index (χ1v) is 9.74. The van der Waals surface area contributed by atoms with Crippen LogP contribution in [-0.2, 0) is 14.8 Å². The number of methoxy groups -OCH3 is 2. The van der Waals surface area contributed by atoms with Crippen molar-refractivity contribution in [3.8, 4) is 11.5 Å². The quantitative estimate of drug-likeness (QED) is 0.712. The van der Waals surface area contributed by atoms with E-state index in [0.29, 0.717) is 17.2 Å². The Hall–Kier alpha value is -2.10. The molecule has 0 heterocycles. The summed E-state index contributed by atoms with van der Waals surface area (Å²) in [5.41, 5.74) is 0.445. The highest BCUT2D eigenvalue weighted by molar-refractivity contribution is 9.10. The number of anilines is 1. The number of likely N-dealkylation sites (N-methyl/N-ethyl adjacent to an activating group) is 1. The number of hydrogen-bond acceptors (Lipinski definition) is 5. The minimum absolute atomic E-state index is 0.110. The Kier molecular flexibility index (Phi) is 6.63. The third kappa shape index (κ3) is 4.96. The maximum Gasteiger partial charge on any atom is 0.243 e. The molecule has 140 valence electrons. The third-order valence-electron chi connectivity index (χ3n) is 3.52. The van der Waals surface area contributed by atoms with E-state index in [9.17, 15) is 13.2 Å². The fourth-order valence-corrected chi connectivity index (χ4v) is 3.55. The molecular weight excluding hydrogens is 424 g/mol. The topological polar surface area (TPSA) is 84.9 Å². The molecule has 2 rings (SSSR count). The Morgan fingerprint density at radius 1 is 1.08 bits per heavy atom. The van der Waals surface area contributed by atoms with Crippen LogP contribution in [0.4, 0.5) is 5.69 Å². The fourth-order valence-electron chi connectivity index (χ4n) is 2.15. The molecule has 1 amide bonds. The number of carbonyl (C=O) groups is 1. The van der Waals surface area contributed by atoms with Crippen LogP contribution in [0.5, 0.6) is 11.5 Å². The number of nitrogens with one attached hydrogen (secondary N) is 1. The third-order valence-corrected chi connectivity index (χ3v) is 5.87. The van der Waals surface area contributed by atoms with Crippen LogP contribution in [0.1, 0.15) is 0 Å². The molecule has 0 saturated carbocycles. The SMILES string of the molecule is COc1cc(NC(=O)CN(C)S(=O)(=O)c2ccc(Br)cc2)cc(OC)c1. The number of sulfonamides is 1. The number of benzene rings is 2. The zero-order valence-corrected chi connectivity index (χ0v) is 16.9. The monoisotopic (exact) mass is 442 g/mol. The summed E-state index contributed by atoms with van der Waals surface area (Å²) >= 11 is 3.26. The molecule has 26 heavy (non-hydrogen) atoms. The first-order chi connectivity index (χ1) is 12.3. The Labute approximate surface area is 161 Å². The average Bonchev–Trinajstić information content (AvgIpc) is 2.61. The molecule has 2 aromatic rings. The molecule has 2 aromatic carbocycles. The van der Waals surface area contributed by atoms with Crippen LogP contribution in [0.15, 0.2) is 51.8 Å². The summed E-state index contributed by atoms with van der Waals surface area (Å²) in [6.45, 7) is -0.335. The van der Waals surface area contributed by atoms with E-state index in [1.807, 2.05) is 0 Å². The maximum atomic E-state index is 12.5. The van der Waals surface area contributed by atoms with Crippen molar-refractivity contribution >= 4 is 37.5 Å². The van der Waals surface area contributed by atoms with Crippen molar-refractivity contribution in [2.75, 3.05) is 33.1 Å². The summed E-state index contributed by atoms with van der Waals surface area (Å²) < 4.78 is 37.1. The average molecular weight is 443 g/mol. The predicted octanol–water partition coefficient (Wildman–Crippen LogP) is 2.73. The van der Waals surface area contributed by atoms with Gasteiger partial charge >= 0.3 is 0 Å². The molecule has 1 N–H and O–H groups in total. The van der Waals surface area contributed by atoms with Gasteiger partial charge in [-0.3, -0.25) is 4.79 Å². The Balaban J connectivity index is 2.10. The first-order valence-electron chi connectivity index (χ1n) is 7.51. The van der Waals surface area contributed by atoms with Gasteiger partial charge in [-0.25, -0.2) is 8.42 Å². The van der Waals surface area contributed by atoms with E-state index < -0.39 is 15.9 Å². The minimum atomic E-state index is -3.77. The Morgan fingerprint density at radius 3 is 2.12 bits per heavy atom. The number of rotatable bonds is 7. The second kappa shape index (κ2) is 8.52. The second-order valence-corrected chi connectivity index (χ2v) is 8.33. The number of ether oxygens (including phenoxy) is 2. The summed E-state index contributed by atoms with van der Waals surface area (Å²) in [5.74, 6) is 0.537. The van der Waals surface area contributed by atoms with Crippen molar-refractivity contribution in [1.29, 1.82) is 0 Å². The highest BCUT2D eigenvalue weighted by atomic mass is 79.9. The normalized spacial score (nSPS) is 11.3. The number of amides is 1.